The second-order valence-electron chi connectivity index (χ2n) is 8.51. The largest absolute Gasteiger partial charge is 0.0804 e. The molecular formula is C24H28. The minimum atomic E-state index is 0.283. The van der Waals surface area contributed by atoms with Gasteiger partial charge in [-0.3, -0.25) is 0 Å². The Labute approximate surface area is 146 Å². The summed E-state index contributed by atoms with van der Waals surface area (Å²) in [6, 6.07) is 11.1. The maximum absolute atomic E-state index is 2.65. The van der Waals surface area contributed by atoms with Crippen LogP contribution in [0.15, 0.2) is 65.8 Å². The Morgan fingerprint density at radius 3 is 2.79 bits per heavy atom. The van der Waals surface area contributed by atoms with Gasteiger partial charge in [-0.25, -0.2) is 0 Å². The van der Waals surface area contributed by atoms with Crippen LogP contribution in [0.4, 0.5) is 0 Å². The third-order valence-electron chi connectivity index (χ3n) is 7.31. The molecule has 0 N–H and O–H groups in total. The van der Waals surface area contributed by atoms with Crippen molar-refractivity contribution in [2.75, 3.05) is 0 Å². The predicted molar refractivity (Wildman–Crippen MR) is 101 cm³/mol. The molecule has 1 unspecified atom stereocenters. The monoisotopic (exact) mass is 316 g/mol. The van der Waals surface area contributed by atoms with Gasteiger partial charge in [0.1, 0.15) is 0 Å². The van der Waals surface area contributed by atoms with Gasteiger partial charge in [-0.2, -0.15) is 0 Å². The molecular weight excluding hydrogens is 288 g/mol. The van der Waals surface area contributed by atoms with Gasteiger partial charge in [-0.05, 0) is 73.0 Å². The van der Waals surface area contributed by atoms with Gasteiger partial charge in [-0.1, -0.05) is 67.5 Å². The minimum Gasteiger partial charge on any atom is -0.0804 e. The van der Waals surface area contributed by atoms with E-state index in [9.17, 15) is 0 Å². The Morgan fingerprint density at radius 2 is 1.88 bits per heavy atom. The fourth-order valence-corrected chi connectivity index (χ4v) is 6.20. The molecule has 0 aromatic heterocycles. The molecule has 24 heavy (non-hydrogen) atoms. The lowest BCUT2D eigenvalue weighted by Crippen LogP contribution is -2.39. The standard InChI is InChI=1S/C24H28/c1-2-7-18(8-3-1)17-24-15-6-11-23(24)22-13-12-19-9-4-5-10-20(19)21(22)14-16-24/h1-3,6-8,11,13,15,19-21H,4-5,9-10,12,14,16-17H2/t19?,20-,21+,24-/m0/s1. The molecule has 0 heterocycles. The van der Waals surface area contributed by atoms with E-state index < -0.39 is 0 Å². The summed E-state index contributed by atoms with van der Waals surface area (Å²) in [6.45, 7) is 0. The van der Waals surface area contributed by atoms with Gasteiger partial charge in [0.15, 0.2) is 0 Å². The average Bonchev–Trinajstić information content (AvgIpc) is 3.06. The Kier molecular flexibility index (Phi) is 3.54. The highest BCUT2D eigenvalue weighted by atomic mass is 14.5. The molecule has 0 amide bonds. The zero-order valence-corrected chi connectivity index (χ0v) is 14.6. The molecule has 4 aliphatic rings. The Hall–Kier alpha value is -1.56. The summed E-state index contributed by atoms with van der Waals surface area (Å²) in [6.07, 6.45) is 21.1. The topological polar surface area (TPSA) is 0 Å². The molecule has 1 aromatic carbocycles. The van der Waals surface area contributed by atoms with Gasteiger partial charge in [-0.15, -0.1) is 0 Å². The molecule has 4 atom stereocenters. The van der Waals surface area contributed by atoms with Crippen molar-refractivity contribution in [2.24, 2.45) is 23.2 Å². The van der Waals surface area contributed by atoms with Crippen LogP contribution in [0.5, 0.6) is 0 Å². The second-order valence-corrected chi connectivity index (χ2v) is 8.51. The van der Waals surface area contributed by atoms with E-state index in [1.807, 2.05) is 0 Å². The van der Waals surface area contributed by atoms with Crippen LogP contribution in [0.2, 0.25) is 0 Å². The van der Waals surface area contributed by atoms with Crippen molar-refractivity contribution >= 4 is 0 Å². The van der Waals surface area contributed by atoms with Gasteiger partial charge in [0.05, 0.1) is 0 Å². The van der Waals surface area contributed by atoms with Gasteiger partial charge in [0.2, 0.25) is 0 Å². The third kappa shape index (κ3) is 2.26. The highest BCUT2D eigenvalue weighted by Crippen LogP contribution is 2.57. The summed E-state index contributed by atoms with van der Waals surface area (Å²) in [5, 5.41) is 0. The predicted octanol–water partition coefficient (Wildman–Crippen LogP) is 6.26. The lowest BCUT2D eigenvalue weighted by Gasteiger charge is -2.49. The Balaban J connectivity index is 1.47. The number of benzene rings is 1. The van der Waals surface area contributed by atoms with E-state index in [0.29, 0.717) is 0 Å². The molecule has 0 aliphatic heterocycles. The molecule has 0 radical (unpaired) electrons. The Bertz CT molecular complexity index is 705. The molecule has 0 bridgehead atoms. The highest BCUT2D eigenvalue weighted by Gasteiger charge is 2.46. The molecule has 124 valence electrons. The first-order valence-corrected chi connectivity index (χ1v) is 10.0. The lowest BCUT2D eigenvalue weighted by atomic mass is 9.55. The van der Waals surface area contributed by atoms with Crippen LogP contribution in [-0.2, 0) is 6.42 Å². The molecule has 2 saturated carbocycles. The number of hydrogen-bond acceptors (Lipinski definition) is 0. The molecule has 0 nitrogen and oxygen atoms in total. The summed E-state index contributed by atoms with van der Waals surface area (Å²) in [7, 11) is 0. The second kappa shape index (κ2) is 5.76. The molecule has 4 aliphatic carbocycles. The van der Waals surface area contributed by atoms with E-state index in [1.54, 1.807) is 11.1 Å². The number of hydrogen-bond donors (Lipinski definition) is 0. The summed E-state index contributed by atoms with van der Waals surface area (Å²) in [5.74, 6) is 2.83. The van der Waals surface area contributed by atoms with Crippen LogP contribution in [0, 0.1) is 23.2 Å². The van der Waals surface area contributed by atoms with Crippen molar-refractivity contribution in [1.82, 2.24) is 0 Å². The molecule has 0 spiro atoms. The summed E-state index contributed by atoms with van der Waals surface area (Å²) in [5.41, 5.74) is 5.18. The van der Waals surface area contributed by atoms with Crippen molar-refractivity contribution in [1.29, 1.82) is 0 Å². The van der Waals surface area contributed by atoms with E-state index in [4.69, 9.17) is 0 Å². The minimum absolute atomic E-state index is 0.283. The van der Waals surface area contributed by atoms with E-state index >= 15 is 0 Å². The zero-order valence-electron chi connectivity index (χ0n) is 14.6. The van der Waals surface area contributed by atoms with Crippen molar-refractivity contribution in [2.45, 2.75) is 51.4 Å². The number of rotatable bonds is 2. The van der Waals surface area contributed by atoms with Crippen molar-refractivity contribution < 1.29 is 0 Å². The molecule has 0 saturated heterocycles. The highest BCUT2D eigenvalue weighted by molar-refractivity contribution is 5.51. The third-order valence-corrected chi connectivity index (χ3v) is 7.31. The van der Waals surface area contributed by atoms with Gasteiger partial charge < -0.3 is 0 Å². The normalized spacial score (nSPS) is 37.1. The van der Waals surface area contributed by atoms with Gasteiger partial charge in [0.25, 0.3) is 0 Å². The quantitative estimate of drug-likeness (QED) is 0.604. The van der Waals surface area contributed by atoms with E-state index in [2.05, 4.69) is 54.6 Å². The van der Waals surface area contributed by atoms with Crippen molar-refractivity contribution in [3.05, 3.63) is 71.3 Å². The SMILES string of the molecule is C1=C[C@@]2(Cc3ccccc3)CC[C@H]3C(=CCC4CCCC[C@@H]43)C2=C1. The maximum Gasteiger partial charge on any atom is 0.0178 e. The zero-order chi connectivity index (χ0) is 16.0. The summed E-state index contributed by atoms with van der Waals surface area (Å²) < 4.78 is 0. The van der Waals surface area contributed by atoms with Gasteiger partial charge in [0, 0.05) is 5.41 Å². The van der Waals surface area contributed by atoms with Crippen molar-refractivity contribution in [3.63, 3.8) is 0 Å². The van der Waals surface area contributed by atoms with E-state index in [-0.39, 0.29) is 5.41 Å². The van der Waals surface area contributed by atoms with Gasteiger partial charge >= 0.3 is 0 Å². The first-order valence-electron chi connectivity index (χ1n) is 10.0. The van der Waals surface area contributed by atoms with Crippen LogP contribution in [-0.4, -0.2) is 0 Å². The van der Waals surface area contributed by atoms with Crippen LogP contribution in [0.25, 0.3) is 0 Å². The Morgan fingerprint density at radius 1 is 1.00 bits per heavy atom. The molecule has 5 rings (SSSR count). The summed E-state index contributed by atoms with van der Waals surface area (Å²) >= 11 is 0. The number of fused-ring (bicyclic) bond motifs is 5. The maximum atomic E-state index is 2.65. The van der Waals surface area contributed by atoms with Crippen LogP contribution in [0.1, 0.15) is 50.5 Å². The van der Waals surface area contributed by atoms with E-state index in [1.165, 1.54) is 56.9 Å². The van der Waals surface area contributed by atoms with Crippen molar-refractivity contribution in [3.8, 4) is 0 Å². The van der Waals surface area contributed by atoms with Crippen LogP contribution in [0.3, 0.4) is 0 Å². The first kappa shape index (κ1) is 14.8. The molecule has 0 heteroatoms. The fourth-order valence-electron chi connectivity index (χ4n) is 6.20. The molecule has 1 aromatic rings. The fraction of sp³-hybridized carbons (Fsp3) is 0.500. The summed E-state index contributed by atoms with van der Waals surface area (Å²) in [4.78, 5) is 0. The smallest absolute Gasteiger partial charge is 0.0178 e. The first-order chi connectivity index (χ1) is 11.9. The van der Waals surface area contributed by atoms with E-state index in [0.717, 1.165) is 17.8 Å². The lowest BCUT2D eigenvalue weighted by molar-refractivity contribution is 0.140. The van der Waals surface area contributed by atoms with Crippen LogP contribution < -0.4 is 0 Å². The van der Waals surface area contributed by atoms with Crippen LogP contribution >= 0.6 is 0 Å². The average molecular weight is 316 g/mol. The molecule has 2 fully saturated rings. The number of allylic oxidation sites excluding steroid dienone is 6.